The average molecular weight is 353 g/mol. The smallest absolute Gasteiger partial charge is 0.252 e. The highest BCUT2D eigenvalue weighted by Gasteiger charge is 2.32. The number of nitrogens with zero attached hydrogens (tertiary/aromatic N) is 2. The third-order valence-corrected chi connectivity index (χ3v) is 5.88. The molecular formula is C17H28N4O2S. The maximum Gasteiger partial charge on any atom is 0.252 e. The van der Waals surface area contributed by atoms with Gasteiger partial charge in [-0.2, -0.15) is 0 Å². The van der Waals surface area contributed by atoms with Crippen LogP contribution in [-0.4, -0.2) is 33.3 Å². The molecule has 2 rings (SSSR count). The summed E-state index contributed by atoms with van der Waals surface area (Å²) in [7, 11) is 1.96. The molecular weight excluding hydrogens is 324 g/mol. The fourth-order valence-corrected chi connectivity index (χ4v) is 3.21. The van der Waals surface area contributed by atoms with E-state index in [9.17, 15) is 9.35 Å². The third kappa shape index (κ3) is 3.84. The highest BCUT2D eigenvalue weighted by Crippen LogP contribution is 2.29. The topological polar surface area (TPSA) is 80.3 Å². The second kappa shape index (κ2) is 6.90. The Morgan fingerprint density at radius 1 is 1.38 bits per heavy atom. The van der Waals surface area contributed by atoms with Crippen LogP contribution in [0.25, 0.3) is 0 Å². The Bertz CT molecular complexity index is 628. The number of carbonyl (C=O) groups is 1. The fraction of sp³-hybridized carbons (Fsp3) is 0.647. The van der Waals surface area contributed by atoms with Gasteiger partial charge < -0.3 is 14.8 Å². The van der Waals surface area contributed by atoms with Crippen LogP contribution in [0.15, 0.2) is 6.07 Å². The molecule has 1 amide bonds. The van der Waals surface area contributed by atoms with E-state index < -0.39 is 11.4 Å². The molecule has 0 saturated heterocycles. The van der Waals surface area contributed by atoms with E-state index in [0.717, 1.165) is 17.1 Å². The van der Waals surface area contributed by atoms with Gasteiger partial charge in [-0.25, -0.2) is 4.98 Å². The fourth-order valence-electron chi connectivity index (χ4n) is 2.43. The van der Waals surface area contributed by atoms with E-state index in [1.165, 1.54) is 0 Å². The molecule has 0 saturated carbocycles. The number of rotatable bonds is 5. The van der Waals surface area contributed by atoms with Crippen molar-refractivity contribution in [3.63, 3.8) is 0 Å². The number of aromatic nitrogens is 1. The first-order chi connectivity index (χ1) is 11.0. The van der Waals surface area contributed by atoms with Crippen molar-refractivity contribution in [3.8, 4) is 0 Å². The summed E-state index contributed by atoms with van der Waals surface area (Å²) in [6.45, 7) is 12.3. The van der Waals surface area contributed by atoms with Crippen LogP contribution in [0.3, 0.4) is 0 Å². The molecule has 0 fully saturated rings. The molecule has 0 aliphatic carbocycles. The van der Waals surface area contributed by atoms with Gasteiger partial charge >= 0.3 is 0 Å². The number of hydrogen-bond acceptors (Lipinski definition) is 5. The SMILES string of the molecule is CC(C)N(C)c1cc2c(c([C@@H](C)N[S+]([O-])C(C)(C)C)n1)CNC2=O. The minimum absolute atomic E-state index is 0.0730. The van der Waals surface area contributed by atoms with Crippen LogP contribution < -0.4 is 14.9 Å². The molecule has 6 nitrogen and oxygen atoms in total. The van der Waals surface area contributed by atoms with Crippen LogP contribution in [0, 0.1) is 0 Å². The van der Waals surface area contributed by atoms with Gasteiger partial charge in [-0.1, -0.05) is 0 Å². The van der Waals surface area contributed by atoms with Crippen LogP contribution >= 0.6 is 0 Å². The van der Waals surface area contributed by atoms with Gasteiger partial charge in [-0.3, -0.25) is 4.79 Å². The van der Waals surface area contributed by atoms with Crippen molar-refractivity contribution in [1.29, 1.82) is 0 Å². The van der Waals surface area contributed by atoms with E-state index in [1.54, 1.807) is 0 Å². The van der Waals surface area contributed by atoms with Crippen molar-refractivity contribution in [3.05, 3.63) is 22.9 Å². The zero-order valence-corrected chi connectivity index (χ0v) is 16.4. The lowest BCUT2D eigenvalue weighted by Gasteiger charge is -2.28. The van der Waals surface area contributed by atoms with E-state index >= 15 is 0 Å². The Morgan fingerprint density at radius 3 is 2.54 bits per heavy atom. The predicted molar refractivity (Wildman–Crippen MR) is 98.4 cm³/mol. The molecule has 2 N–H and O–H groups in total. The van der Waals surface area contributed by atoms with Crippen molar-refractivity contribution in [2.45, 2.75) is 64.9 Å². The summed E-state index contributed by atoms with van der Waals surface area (Å²) in [5, 5.41) is 2.86. The minimum Gasteiger partial charge on any atom is -0.598 e. The average Bonchev–Trinajstić information content (AvgIpc) is 2.85. The number of hydrogen-bond donors (Lipinski definition) is 2. The molecule has 2 heterocycles. The summed E-state index contributed by atoms with van der Waals surface area (Å²) in [6.07, 6.45) is 0. The predicted octanol–water partition coefficient (Wildman–Crippen LogP) is 2.28. The van der Waals surface area contributed by atoms with Crippen molar-refractivity contribution in [2.75, 3.05) is 11.9 Å². The van der Waals surface area contributed by atoms with Crippen LogP contribution in [-0.2, 0) is 17.9 Å². The van der Waals surface area contributed by atoms with Crippen LogP contribution in [0.4, 0.5) is 5.82 Å². The molecule has 2 atom stereocenters. The first kappa shape index (κ1) is 19.0. The van der Waals surface area contributed by atoms with Gasteiger partial charge in [0.25, 0.3) is 5.91 Å². The second-order valence-corrected chi connectivity index (χ2v) is 9.50. The molecule has 24 heavy (non-hydrogen) atoms. The number of amides is 1. The molecule has 0 spiro atoms. The quantitative estimate of drug-likeness (QED) is 0.795. The monoisotopic (exact) mass is 352 g/mol. The molecule has 1 aromatic rings. The normalized spacial score (nSPS) is 16.8. The summed E-state index contributed by atoms with van der Waals surface area (Å²) in [6, 6.07) is 1.89. The lowest BCUT2D eigenvalue weighted by Crippen LogP contribution is -2.41. The zero-order chi connectivity index (χ0) is 18.2. The van der Waals surface area contributed by atoms with Crippen molar-refractivity contribution >= 4 is 23.1 Å². The summed E-state index contributed by atoms with van der Waals surface area (Å²) in [5.74, 6) is 0.683. The van der Waals surface area contributed by atoms with Crippen molar-refractivity contribution < 1.29 is 9.35 Å². The summed E-state index contributed by atoms with van der Waals surface area (Å²) >= 11 is -1.21. The molecule has 1 aliphatic heterocycles. The van der Waals surface area contributed by atoms with Gasteiger partial charge in [0.1, 0.15) is 10.6 Å². The van der Waals surface area contributed by atoms with Gasteiger partial charge in [-0.15, -0.1) is 4.72 Å². The maximum atomic E-state index is 12.4. The molecule has 7 heteroatoms. The molecule has 1 aliphatic rings. The Labute approximate surface area is 147 Å². The summed E-state index contributed by atoms with van der Waals surface area (Å²) < 4.78 is 15.2. The third-order valence-electron chi connectivity index (χ3n) is 4.20. The minimum atomic E-state index is -1.21. The van der Waals surface area contributed by atoms with Gasteiger partial charge in [0.05, 0.1) is 11.7 Å². The Hall–Kier alpha value is -1.31. The Balaban J connectivity index is 2.41. The molecule has 0 radical (unpaired) electrons. The van der Waals surface area contributed by atoms with E-state index in [0.29, 0.717) is 12.1 Å². The Morgan fingerprint density at radius 2 is 2.00 bits per heavy atom. The number of fused-ring (bicyclic) bond motifs is 1. The Kier molecular flexibility index (Phi) is 5.47. The molecule has 1 aromatic heterocycles. The van der Waals surface area contributed by atoms with Crippen LogP contribution in [0.5, 0.6) is 0 Å². The number of nitrogens with one attached hydrogen (secondary N) is 2. The number of carbonyl (C=O) groups excluding carboxylic acids is 1. The van der Waals surface area contributed by atoms with Crippen molar-refractivity contribution in [1.82, 2.24) is 15.0 Å². The molecule has 134 valence electrons. The summed E-state index contributed by atoms with van der Waals surface area (Å²) in [4.78, 5) is 18.9. The number of pyridine rings is 1. The maximum absolute atomic E-state index is 12.4. The molecule has 1 unspecified atom stereocenters. The van der Waals surface area contributed by atoms with Crippen LogP contribution in [0.1, 0.15) is 69.2 Å². The van der Waals surface area contributed by atoms with E-state index in [1.807, 2.05) is 45.7 Å². The lowest BCUT2D eigenvalue weighted by molar-refractivity contribution is 0.0965. The van der Waals surface area contributed by atoms with Crippen molar-refractivity contribution in [2.24, 2.45) is 0 Å². The van der Waals surface area contributed by atoms with Gasteiger partial charge in [-0.05, 0) is 47.6 Å². The zero-order valence-electron chi connectivity index (χ0n) is 15.6. The number of anilines is 1. The van der Waals surface area contributed by atoms with Gasteiger partial charge in [0.2, 0.25) is 0 Å². The second-order valence-electron chi connectivity index (χ2n) is 7.50. The van der Waals surface area contributed by atoms with Gasteiger partial charge in [0.15, 0.2) is 0 Å². The standard InChI is InChI=1S/C17H28N4O2S/c1-10(2)21(7)14-8-12-13(9-18-16(12)22)15(19-14)11(3)20-24(23)17(4,5)6/h8,10-11,20H,9H2,1-7H3,(H,18,22)/t11-,24?/m1/s1. The van der Waals surface area contributed by atoms with E-state index in [-0.39, 0.29) is 22.7 Å². The largest absolute Gasteiger partial charge is 0.598 e. The molecule has 0 bridgehead atoms. The highest BCUT2D eigenvalue weighted by atomic mass is 32.2. The first-order valence-corrected chi connectivity index (χ1v) is 9.40. The van der Waals surface area contributed by atoms with Gasteiger partial charge in [0, 0.05) is 42.1 Å². The lowest BCUT2D eigenvalue weighted by atomic mass is 10.0. The van der Waals surface area contributed by atoms with Crippen LogP contribution in [0.2, 0.25) is 0 Å². The van der Waals surface area contributed by atoms with E-state index in [4.69, 9.17) is 4.98 Å². The highest BCUT2D eigenvalue weighted by molar-refractivity contribution is 7.90. The first-order valence-electron chi connectivity index (χ1n) is 8.25. The molecule has 0 aromatic carbocycles. The summed E-state index contributed by atoms with van der Waals surface area (Å²) in [5.41, 5.74) is 2.34. The van der Waals surface area contributed by atoms with E-state index in [2.05, 4.69) is 23.9 Å².